The number of aryl methyl sites for hydroxylation is 3. The Kier molecular flexibility index (Phi) is 6.70. The Morgan fingerprint density at radius 3 is 2.50 bits per heavy atom. The molecule has 0 aliphatic carbocycles. The highest BCUT2D eigenvalue weighted by Gasteiger charge is 2.18. The Hall–Kier alpha value is -3.65. The lowest BCUT2D eigenvalue weighted by molar-refractivity contribution is -0.114. The van der Waals surface area contributed by atoms with E-state index in [0.29, 0.717) is 16.4 Å². The molecule has 0 aliphatic heterocycles. The summed E-state index contributed by atoms with van der Waals surface area (Å²) in [5.74, 6) is 0.135. The molecule has 0 unspecified atom stereocenters. The zero-order chi connectivity index (χ0) is 24.4. The van der Waals surface area contributed by atoms with Gasteiger partial charge in [-0.2, -0.15) is 0 Å². The number of anilines is 1. The summed E-state index contributed by atoms with van der Waals surface area (Å²) in [6.07, 6.45) is 1.60. The quantitative estimate of drug-likeness (QED) is 0.294. The van der Waals surface area contributed by atoms with Crippen LogP contribution in [-0.4, -0.2) is 36.8 Å². The van der Waals surface area contributed by atoms with Gasteiger partial charge in [-0.15, -0.1) is 10.2 Å². The van der Waals surface area contributed by atoms with E-state index in [9.17, 15) is 9.59 Å². The van der Waals surface area contributed by atoms with E-state index in [1.54, 1.807) is 6.33 Å². The fourth-order valence-electron chi connectivity index (χ4n) is 3.95. The molecule has 2 aromatic heterocycles. The topological polar surface area (TPSA) is 81.8 Å². The van der Waals surface area contributed by atoms with Gasteiger partial charge in [0.1, 0.15) is 6.33 Å². The third-order valence-electron chi connectivity index (χ3n) is 5.77. The predicted octanol–water partition coefficient (Wildman–Crippen LogP) is 5.23. The number of nitrogens with one attached hydrogen (secondary N) is 1. The highest BCUT2D eigenvalue weighted by molar-refractivity contribution is 7.99. The molecule has 0 aliphatic rings. The van der Waals surface area contributed by atoms with E-state index in [1.807, 2.05) is 48.7 Å². The summed E-state index contributed by atoms with van der Waals surface area (Å²) in [7, 11) is 0. The maximum absolute atomic E-state index is 13.2. The van der Waals surface area contributed by atoms with Crippen LogP contribution in [0.3, 0.4) is 0 Å². The minimum atomic E-state index is -0.139. The van der Waals surface area contributed by atoms with Crippen LogP contribution in [0.1, 0.15) is 39.8 Å². The van der Waals surface area contributed by atoms with Gasteiger partial charge in [-0.3, -0.25) is 14.2 Å². The molecule has 0 bridgehead atoms. The number of hydrogen-bond donors (Lipinski definition) is 1. The average Bonchev–Trinajstić information content (AvgIpc) is 3.38. The molecular weight excluding hydrogens is 446 g/mol. The summed E-state index contributed by atoms with van der Waals surface area (Å²) in [5.41, 5.74) is 7.66. The molecule has 0 fully saturated rings. The SMILES string of the molecule is CC(=O)Nc1cccc(-n2cnnc2SCC(=O)c2cc(C)n(-c3ccc(C)c(C)c3)c2C)c1. The van der Waals surface area contributed by atoms with Crippen molar-refractivity contribution in [1.82, 2.24) is 19.3 Å². The Morgan fingerprint density at radius 1 is 0.971 bits per heavy atom. The maximum atomic E-state index is 13.2. The lowest BCUT2D eigenvalue weighted by Crippen LogP contribution is -2.07. The van der Waals surface area contributed by atoms with E-state index in [1.165, 1.54) is 29.8 Å². The van der Waals surface area contributed by atoms with E-state index in [4.69, 9.17) is 0 Å². The molecule has 4 aromatic rings. The van der Waals surface area contributed by atoms with Gasteiger partial charge >= 0.3 is 0 Å². The first-order valence-electron chi connectivity index (χ1n) is 10.9. The summed E-state index contributed by atoms with van der Waals surface area (Å²) >= 11 is 1.34. The molecule has 4 rings (SSSR count). The van der Waals surface area contributed by atoms with Crippen LogP contribution in [0.25, 0.3) is 11.4 Å². The predicted molar refractivity (Wildman–Crippen MR) is 135 cm³/mol. The number of nitrogens with zero attached hydrogens (tertiary/aromatic N) is 4. The van der Waals surface area contributed by atoms with Gasteiger partial charge in [0.05, 0.1) is 11.4 Å². The van der Waals surface area contributed by atoms with Gasteiger partial charge in [0.25, 0.3) is 0 Å². The number of carbonyl (C=O) groups excluding carboxylic acids is 2. The average molecular weight is 474 g/mol. The smallest absolute Gasteiger partial charge is 0.221 e. The van der Waals surface area contributed by atoms with E-state index >= 15 is 0 Å². The van der Waals surface area contributed by atoms with E-state index in [2.05, 4.69) is 52.1 Å². The number of ketones is 1. The molecule has 8 heteroatoms. The minimum Gasteiger partial charge on any atom is -0.326 e. The highest BCUT2D eigenvalue weighted by atomic mass is 32.2. The second kappa shape index (κ2) is 9.69. The first-order chi connectivity index (χ1) is 16.2. The highest BCUT2D eigenvalue weighted by Crippen LogP contribution is 2.26. The summed E-state index contributed by atoms with van der Waals surface area (Å²) in [4.78, 5) is 24.5. The fourth-order valence-corrected chi connectivity index (χ4v) is 4.76. The van der Waals surface area contributed by atoms with Crippen LogP contribution >= 0.6 is 11.8 Å². The normalized spacial score (nSPS) is 11.0. The zero-order valence-electron chi connectivity index (χ0n) is 19.9. The van der Waals surface area contributed by atoms with Crippen LogP contribution < -0.4 is 5.32 Å². The van der Waals surface area contributed by atoms with Crippen molar-refractivity contribution >= 4 is 29.1 Å². The van der Waals surface area contributed by atoms with Crippen molar-refractivity contribution in [1.29, 1.82) is 0 Å². The number of benzene rings is 2. The van der Waals surface area contributed by atoms with Gasteiger partial charge in [0.2, 0.25) is 5.91 Å². The molecule has 1 N–H and O–H groups in total. The molecule has 34 heavy (non-hydrogen) atoms. The number of Topliss-reactive ketones (excluding diaryl/α,β-unsaturated/α-hetero) is 1. The zero-order valence-corrected chi connectivity index (χ0v) is 20.7. The van der Waals surface area contributed by atoms with Crippen molar-refractivity contribution in [2.45, 2.75) is 39.8 Å². The van der Waals surface area contributed by atoms with Gasteiger partial charge in [0.15, 0.2) is 10.9 Å². The summed E-state index contributed by atoms with van der Waals surface area (Å²) < 4.78 is 3.93. The van der Waals surface area contributed by atoms with Crippen LogP contribution in [0, 0.1) is 27.7 Å². The second-order valence-corrected chi connectivity index (χ2v) is 9.26. The second-order valence-electron chi connectivity index (χ2n) is 8.32. The Labute approximate surface area is 203 Å². The Balaban J connectivity index is 1.53. The lowest BCUT2D eigenvalue weighted by Gasteiger charge is -2.12. The van der Waals surface area contributed by atoms with Crippen LogP contribution in [-0.2, 0) is 4.79 Å². The third-order valence-corrected chi connectivity index (χ3v) is 6.72. The van der Waals surface area contributed by atoms with Gasteiger partial charge in [-0.1, -0.05) is 23.9 Å². The molecule has 0 saturated heterocycles. The van der Waals surface area contributed by atoms with Crippen LogP contribution in [0.5, 0.6) is 0 Å². The molecule has 2 aromatic carbocycles. The molecule has 7 nitrogen and oxygen atoms in total. The van der Waals surface area contributed by atoms with Crippen LogP contribution in [0.2, 0.25) is 0 Å². The van der Waals surface area contributed by atoms with Crippen molar-refractivity contribution in [3.8, 4) is 11.4 Å². The van der Waals surface area contributed by atoms with Crippen molar-refractivity contribution in [3.63, 3.8) is 0 Å². The minimum absolute atomic E-state index is 0.0368. The molecule has 0 spiro atoms. The Bertz CT molecular complexity index is 1390. The molecule has 0 atom stereocenters. The molecule has 0 saturated carbocycles. The monoisotopic (exact) mass is 473 g/mol. The summed E-state index contributed by atoms with van der Waals surface area (Å²) in [6.45, 7) is 9.66. The van der Waals surface area contributed by atoms with Crippen molar-refractivity contribution in [2.75, 3.05) is 11.1 Å². The molecular formula is C26H27N5O2S. The first kappa shape index (κ1) is 23.5. The number of amides is 1. The summed E-state index contributed by atoms with van der Waals surface area (Å²) in [5, 5.41) is 11.6. The number of carbonyl (C=O) groups is 2. The van der Waals surface area contributed by atoms with E-state index in [-0.39, 0.29) is 17.4 Å². The van der Waals surface area contributed by atoms with Crippen molar-refractivity contribution < 1.29 is 9.59 Å². The van der Waals surface area contributed by atoms with Crippen LogP contribution in [0.4, 0.5) is 5.69 Å². The molecule has 2 heterocycles. The first-order valence-corrected chi connectivity index (χ1v) is 11.9. The maximum Gasteiger partial charge on any atom is 0.221 e. The van der Waals surface area contributed by atoms with Gasteiger partial charge in [0, 0.05) is 35.2 Å². The molecule has 0 radical (unpaired) electrons. The van der Waals surface area contributed by atoms with E-state index in [0.717, 1.165) is 22.8 Å². The van der Waals surface area contributed by atoms with E-state index < -0.39 is 0 Å². The van der Waals surface area contributed by atoms with Gasteiger partial charge in [-0.25, -0.2) is 0 Å². The fraction of sp³-hybridized carbons (Fsp3) is 0.231. The van der Waals surface area contributed by atoms with Crippen molar-refractivity contribution in [2.24, 2.45) is 0 Å². The number of rotatable bonds is 7. The van der Waals surface area contributed by atoms with Crippen molar-refractivity contribution in [3.05, 3.63) is 82.9 Å². The molecule has 174 valence electrons. The Morgan fingerprint density at radius 2 is 1.76 bits per heavy atom. The number of aromatic nitrogens is 4. The number of hydrogen-bond acceptors (Lipinski definition) is 5. The lowest BCUT2D eigenvalue weighted by atomic mass is 10.1. The summed E-state index contributed by atoms with van der Waals surface area (Å²) in [6, 6.07) is 15.7. The van der Waals surface area contributed by atoms with Crippen LogP contribution in [0.15, 0.2) is 60.0 Å². The van der Waals surface area contributed by atoms with Gasteiger partial charge in [-0.05, 0) is 75.2 Å². The largest absolute Gasteiger partial charge is 0.326 e. The molecule has 1 amide bonds. The standard InChI is InChI=1S/C26H27N5O2S/c1-16-9-10-23(11-17(16)2)31-18(3)12-24(19(31)4)25(33)14-34-26-29-27-15-30(26)22-8-6-7-21(13-22)28-20(5)32/h6-13,15H,14H2,1-5H3,(H,28,32). The number of thioether (sulfide) groups is 1. The van der Waals surface area contributed by atoms with Gasteiger partial charge < -0.3 is 9.88 Å². The third kappa shape index (κ3) is 4.82.